The molecule has 0 spiro atoms. The van der Waals surface area contributed by atoms with Crippen molar-refractivity contribution in [2.45, 2.75) is 6.54 Å². The van der Waals surface area contributed by atoms with Gasteiger partial charge in [-0.25, -0.2) is 9.67 Å². The number of nitrogens with one attached hydrogen (secondary N) is 2. The molecule has 21 heavy (non-hydrogen) atoms. The molecule has 7 nitrogen and oxygen atoms in total. The van der Waals surface area contributed by atoms with Crippen molar-refractivity contribution in [1.82, 2.24) is 25.4 Å². The Morgan fingerprint density at radius 2 is 2.14 bits per heavy atom. The number of hydrogen-bond acceptors (Lipinski definition) is 5. The third-order valence-corrected chi connectivity index (χ3v) is 2.88. The first-order valence-electron chi connectivity index (χ1n) is 6.70. The molecule has 0 aliphatic heterocycles. The molecule has 0 bridgehead atoms. The molecule has 0 aliphatic carbocycles. The lowest BCUT2D eigenvalue weighted by molar-refractivity contribution is -0.120. The van der Waals surface area contributed by atoms with E-state index < -0.39 is 0 Å². The number of carbonyl (C=O) groups is 1. The molecule has 1 amide bonds. The summed E-state index contributed by atoms with van der Waals surface area (Å²) in [5.74, 6) is -0.0357. The Hall–Kier alpha value is -2.25. The molecule has 2 rings (SSSR count). The van der Waals surface area contributed by atoms with Gasteiger partial charge in [-0.05, 0) is 17.7 Å². The van der Waals surface area contributed by atoms with Gasteiger partial charge in [0.2, 0.25) is 5.91 Å². The van der Waals surface area contributed by atoms with Gasteiger partial charge in [0.15, 0.2) is 0 Å². The molecule has 1 aromatic heterocycles. The topological polar surface area (TPSA) is 81.1 Å². The first-order chi connectivity index (χ1) is 10.3. The van der Waals surface area contributed by atoms with Gasteiger partial charge in [0.05, 0.1) is 18.8 Å². The maximum absolute atomic E-state index is 11.6. The van der Waals surface area contributed by atoms with Crippen LogP contribution in [-0.2, 0) is 16.1 Å². The van der Waals surface area contributed by atoms with Crippen molar-refractivity contribution >= 4 is 5.91 Å². The van der Waals surface area contributed by atoms with E-state index in [0.29, 0.717) is 26.2 Å². The minimum atomic E-state index is -0.0357. The van der Waals surface area contributed by atoms with E-state index in [2.05, 4.69) is 20.7 Å². The van der Waals surface area contributed by atoms with Gasteiger partial charge in [0.25, 0.3) is 0 Å². The summed E-state index contributed by atoms with van der Waals surface area (Å²) in [6, 6.07) is 7.78. The molecular formula is C14H19N5O2. The van der Waals surface area contributed by atoms with Gasteiger partial charge in [-0.1, -0.05) is 12.1 Å². The van der Waals surface area contributed by atoms with Crippen LogP contribution in [0.1, 0.15) is 5.56 Å². The maximum atomic E-state index is 11.6. The summed E-state index contributed by atoms with van der Waals surface area (Å²) in [5, 5.41) is 9.90. The van der Waals surface area contributed by atoms with E-state index in [1.54, 1.807) is 18.1 Å². The molecular weight excluding hydrogens is 270 g/mol. The van der Waals surface area contributed by atoms with Crippen molar-refractivity contribution in [1.29, 1.82) is 0 Å². The number of carbonyl (C=O) groups excluding carboxylic acids is 1. The van der Waals surface area contributed by atoms with E-state index in [4.69, 9.17) is 4.74 Å². The van der Waals surface area contributed by atoms with Crippen LogP contribution in [0.4, 0.5) is 0 Å². The van der Waals surface area contributed by atoms with Crippen LogP contribution >= 0.6 is 0 Å². The van der Waals surface area contributed by atoms with E-state index >= 15 is 0 Å². The number of nitrogens with zero attached hydrogens (tertiary/aromatic N) is 3. The SMILES string of the molecule is COCCNCC(=O)NCc1ccc(-n2cncn2)cc1. The van der Waals surface area contributed by atoms with Crippen molar-refractivity contribution in [3.63, 3.8) is 0 Å². The van der Waals surface area contributed by atoms with Gasteiger partial charge < -0.3 is 15.4 Å². The van der Waals surface area contributed by atoms with Crippen molar-refractivity contribution in [2.75, 3.05) is 26.8 Å². The zero-order chi connectivity index (χ0) is 14.9. The zero-order valence-corrected chi connectivity index (χ0v) is 12.0. The summed E-state index contributed by atoms with van der Waals surface area (Å²) in [6.45, 7) is 2.05. The fourth-order valence-electron chi connectivity index (χ4n) is 1.75. The molecule has 0 atom stereocenters. The number of amides is 1. The number of rotatable bonds is 8. The van der Waals surface area contributed by atoms with Crippen LogP contribution < -0.4 is 10.6 Å². The summed E-state index contributed by atoms with van der Waals surface area (Å²) >= 11 is 0. The quantitative estimate of drug-likeness (QED) is 0.675. The van der Waals surface area contributed by atoms with Crippen LogP contribution in [0.5, 0.6) is 0 Å². The molecule has 0 saturated heterocycles. The van der Waals surface area contributed by atoms with Gasteiger partial charge in [-0.3, -0.25) is 4.79 Å². The molecule has 112 valence electrons. The van der Waals surface area contributed by atoms with Crippen LogP contribution in [0.15, 0.2) is 36.9 Å². The van der Waals surface area contributed by atoms with Crippen LogP contribution in [0.3, 0.4) is 0 Å². The highest BCUT2D eigenvalue weighted by atomic mass is 16.5. The summed E-state index contributed by atoms with van der Waals surface area (Å²) in [4.78, 5) is 15.5. The Balaban J connectivity index is 1.75. The van der Waals surface area contributed by atoms with Crippen LogP contribution in [0.25, 0.3) is 5.69 Å². The average molecular weight is 289 g/mol. The lowest BCUT2D eigenvalue weighted by atomic mass is 10.2. The fourth-order valence-corrected chi connectivity index (χ4v) is 1.75. The second-order valence-corrected chi connectivity index (χ2v) is 4.45. The second-order valence-electron chi connectivity index (χ2n) is 4.45. The Labute approximate surface area is 123 Å². The molecule has 2 N–H and O–H groups in total. The normalized spacial score (nSPS) is 10.5. The van der Waals surface area contributed by atoms with Gasteiger partial charge in [-0.2, -0.15) is 5.10 Å². The Morgan fingerprint density at radius 1 is 1.33 bits per heavy atom. The Morgan fingerprint density at radius 3 is 2.81 bits per heavy atom. The van der Waals surface area contributed by atoms with Gasteiger partial charge in [-0.15, -0.1) is 0 Å². The highest BCUT2D eigenvalue weighted by molar-refractivity contribution is 5.77. The number of benzene rings is 1. The predicted octanol–water partition coefficient (Wildman–Crippen LogP) is 0.120. The van der Waals surface area contributed by atoms with Crippen molar-refractivity contribution in [2.24, 2.45) is 0 Å². The van der Waals surface area contributed by atoms with Crippen LogP contribution in [0, 0.1) is 0 Å². The number of hydrogen-bond donors (Lipinski definition) is 2. The predicted molar refractivity (Wildman–Crippen MR) is 78.0 cm³/mol. The van der Waals surface area contributed by atoms with Crippen LogP contribution in [0.2, 0.25) is 0 Å². The highest BCUT2D eigenvalue weighted by Crippen LogP contribution is 2.07. The lowest BCUT2D eigenvalue weighted by Gasteiger charge is -2.07. The molecule has 1 aromatic carbocycles. The number of ether oxygens (including phenoxy) is 1. The minimum Gasteiger partial charge on any atom is -0.383 e. The Kier molecular flexibility index (Phi) is 5.86. The minimum absolute atomic E-state index is 0.0357. The van der Waals surface area contributed by atoms with E-state index in [0.717, 1.165) is 11.3 Å². The van der Waals surface area contributed by atoms with E-state index in [1.807, 2.05) is 24.3 Å². The third kappa shape index (κ3) is 4.97. The van der Waals surface area contributed by atoms with E-state index in [-0.39, 0.29) is 5.91 Å². The molecule has 2 aromatic rings. The maximum Gasteiger partial charge on any atom is 0.234 e. The standard InChI is InChI=1S/C14H19N5O2/c1-21-7-6-15-9-14(20)17-8-12-2-4-13(5-3-12)19-11-16-10-18-19/h2-5,10-11,15H,6-9H2,1H3,(H,17,20). The second kappa shape index (κ2) is 8.13. The largest absolute Gasteiger partial charge is 0.383 e. The van der Waals surface area contributed by atoms with Crippen molar-refractivity contribution < 1.29 is 9.53 Å². The average Bonchev–Trinajstić information content (AvgIpc) is 3.04. The van der Waals surface area contributed by atoms with E-state index in [1.165, 1.54) is 6.33 Å². The van der Waals surface area contributed by atoms with Crippen molar-refractivity contribution in [3.05, 3.63) is 42.5 Å². The van der Waals surface area contributed by atoms with Crippen LogP contribution in [-0.4, -0.2) is 47.5 Å². The van der Waals surface area contributed by atoms with Crippen molar-refractivity contribution in [3.8, 4) is 5.69 Å². The smallest absolute Gasteiger partial charge is 0.234 e. The third-order valence-electron chi connectivity index (χ3n) is 2.88. The molecule has 0 fully saturated rings. The van der Waals surface area contributed by atoms with Gasteiger partial charge in [0, 0.05) is 20.2 Å². The highest BCUT2D eigenvalue weighted by Gasteiger charge is 2.01. The summed E-state index contributed by atoms with van der Waals surface area (Å²) < 4.78 is 6.57. The monoisotopic (exact) mass is 289 g/mol. The molecule has 0 radical (unpaired) electrons. The summed E-state index contributed by atoms with van der Waals surface area (Å²) in [7, 11) is 1.63. The fraction of sp³-hybridized carbons (Fsp3) is 0.357. The first kappa shape index (κ1) is 15.1. The zero-order valence-electron chi connectivity index (χ0n) is 12.0. The lowest BCUT2D eigenvalue weighted by Crippen LogP contribution is -2.34. The first-order valence-corrected chi connectivity index (χ1v) is 6.70. The van der Waals surface area contributed by atoms with Gasteiger partial charge in [0.1, 0.15) is 12.7 Å². The number of methoxy groups -OCH3 is 1. The van der Waals surface area contributed by atoms with Gasteiger partial charge >= 0.3 is 0 Å². The molecule has 0 unspecified atom stereocenters. The Bertz CT molecular complexity index is 539. The molecule has 0 saturated carbocycles. The van der Waals surface area contributed by atoms with E-state index in [9.17, 15) is 4.79 Å². The molecule has 1 heterocycles. The summed E-state index contributed by atoms with van der Waals surface area (Å²) in [6.07, 6.45) is 3.13. The number of aromatic nitrogens is 3. The molecule has 7 heteroatoms. The molecule has 0 aliphatic rings. The summed E-state index contributed by atoms with van der Waals surface area (Å²) in [5.41, 5.74) is 1.97.